The molecule has 2 heterocycles. The summed E-state index contributed by atoms with van der Waals surface area (Å²) in [7, 11) is 0. The lowest BCUT2D eigenvalue weighted by atomic mass is 10.2. The quantitative estimate of drug-likeness (QED) is 0.715. The topological polar surface area (TPSA) is 46.0 Å². The van der Waals surface area contributed by atoms with Gasteiger partial charge in [0.2, 0.25) is 0 Å². The Bertz CT molecular complexity index is 322. The van der Waals surface area contributed by atoms with Crippen LogP contribution in [-0.2, 0) is 13.1 Å². The van der Waals surface area contributed by atoms with Crippen LogP contribution in [0.4, 0.5) is 0 Å². The van der Waals surface area contributed by atoms with Gasteiger partial charge in [-0.05, 0) is 38.9 Å². The first-order valence-corrected chi connectivity index (χ1v) is 6.70. The third kappa shape index (κ3) is 3.78. The first-order chi connectivity index (χ1) is 8.40. The van der Waals surface area contributed by atoms with Gasteiger partial charge in [0, 0.05) is 13.1 Å². The highest BCUT2D eigenvalue weighted by Gasteiger charge is 2.16. The lowest BCUT2D eigenvalue weighted by Gasteiger charge is -2.26. The molecule has 2 rings (SSSR count). The van der Waals surface area contributed by atoms with E-state index in [1.807, 2.05) is 6.33 Å². The Balaban J connectivity index is 1.59. The van der Waals surface area contributed by atoms with Crippen molar-refractivity contribution in [2.24, 2.45) is 0 Å². The van der Waals surface area contributed by atoms with E-state index in [9.17, 15) is 0 Å². The highest BCUT2D eigenvalue weighted by atomic mass is 15.3. The van der Waals surface area contributed by atoms with Gasteiger partial charge in [-0.25, -0.2) is 0 Å². The summed E-state index contributed by atoms with van der Waals surface area (Å²) in [5.41, 5.74) is 0. The van der Waals surface area contributed by atoms with E-state index in [0.717, 1.165) is 38.5 Å². The predicted octanol–water partition coefficient (Wildman–Crippen LogP) is 0.873. The SMILES string of the molecule is CCCNCCCCN1CCn2cnnc2C1. The Labute approximate surface area is 103 Å². The number of hydrogen-bond acceptors (Lipinski definition) is 4. The lowest BCUT2D eigenvalue weighted by molar-refractivity contribution is 0.213. The second kappa shape index (κ2) is 6.71. The zero-order valence-corrected chi connectivity index (χ0v) is 10.7. The van der Waals surface area contributed by atoms with E-state index in [4.69, 9.17) is 0 Å². The monoisotopic (exact) mass is 237 g/mol. The zero-order chi connectivity index (χ0) is 11.9. The molecular weight excluding hydrogens is 214 g/mol. The number of fused-ring (bicyclic) bond motifs is 1. The van der Waals surface area contributed by atoms with E-state index < -0.39 is 0 Å². The summed E-state index contributed by atoms with van der Waals surface area (Å²) >= 11 is 0. The molecule has 5 heteroatoms. The van der Waals surface area contributed by atoms with Gasteiger partial charge >= 0.3 is 0 Å². The lowest BCUT2D eigenvalue weighted by Crippen LogP contribution is -2.34. The predicted molar refractivity (Wildman–Crippen MR) is 67.7 cm³/mol. The maximum Gasteiger partial charge on any atom is 0.147 e. The summed E-state index contributed by atoms with van der Waals surface area (Å²) in [4.78, 5) is 2.48. The fraction of sp³-hybridized carbons (Fsp3) is 0.833. The van der Waals surface area contributed by atoms with Gasteiger partial charge in [-0.1, -0.05) is 6.92 Å². The van der Waals surface area contributed by atoms with Crippen molar-refractivity contribution in [2.75, 3.05) is 26.2 Å². The highest BCUT2D eigenvalue weighted by molar-refractivity contribution is 4.89. The average Bonchev–Trinajstić information content (AvgIpc) is 2.81. The van der Waals surface area contributed by atoms with Crippen molar-refractivity contribution in [2.45, 2.75) is 39.3 Å². The average molecular weight is 237 g/mol. The Hall–Kier alpha value is -0.940. The molecule has 1 aromatic rings. The highest BCUT2D eigenvalue weighted by Crippen LogP contribution is 2.09. The number of nitrogens with one attached hydrogen (secondary N) is 1. The normalized spacial score (nSPS) is 16.1. The van der Waals surface area contributed by atoms with Gasteiger partial charge in [-0.3, -0.25) is 4.90 Å². The van der Waals surface area contributed by atoms with Crippen LogP contribution in [0, 0.1) is 0 Å². The van der Waals surface area contributed by atoms with E-state index in [1.165, 1.54) is 25.8 Å². The van der Waals surface area contributed by atoms with Crippen LogP contribution in [0.5, 0.6) is 0 Å². The fourth-order valence-corrected chi connectivity index (χ4v) is 2.19. The number of rotatable bonds is 7. The van der Waals surface area contributed by atoms with Gasteiger partial charge in [0.1, 0.15) is 12.2 Å². The standard InChI is InChI=1S/C12H23N5/c1-2-5-13-6-3-4-7-16-8-9-17-11-14-15-12(17)10-16/h11,13H,2-10H2,1H3. The van der Waals surface area contributed by atoms with Gasteiger partial charge < -0.3 is 9.88 Å². The fourth-order valence-electron chi connectivity index (χ4n) is 2.19. The van der Waals surface area contributed by atoms with Crippen LogP contribution in [0.15, 0.2) is 6.33 Å². The molecule has 0 atom stereocenters. The van der Waals surface area contributed by atoms with Crippen LogP contribution >= 0.6 is 0 Å². The van der Waals surface area contributed by atoms with Gasteiger partial charge in [-0.15, -0.1) is 10.2 Å². The Morgan fingerprint density at radius 3 is 3.12 bits per heavy atom. The molecule has 0 aromatic carbocycles. The Morgan fingerprint density at radius 2 is 2.24 bits per heavy atom. The summed E-state index contributed by atoms with van der Waals surface area (Å²) in [6, 6.07) is 0. The molecule has 0 saturated heterocycles. The zero-order valence-electron chi connectivity index (χ0n) is 10.7. The molecule has 17 heavy (non-hydrogen) atoms. The summed E-state index contributed by atoms with van der Waals surface area (Å²) in [5, 5.41) is 11.5. The van der Waals surface area contributed by atoms with Gasteiger partial charge in [0.05, 0.1) is 6.54 Å². The van der Waals surface area contributed by atoms with Crippen LogP contribution in [0.3, 0.4) is 0 Å². The number of unbranched alkanes of at least 4 members (excludes halogenated alkanes) is 1. The molecule has 96 valence electrons. The van der Waals surface area contributed by atoms with Crippen molar-refractivity contribution >= 4 is 0 Å². The van der Waals surface area contributed by atoms with Crippen molar-refractivity contribution in [1.82, 2.24) is 25.0 Å². The summed E-state index contributed by atoms with van der Waals surface area (Å²) in [5.74, 6) is 1.11. The maximum absolute atomic E-state index is 4.13. The second-order valence-corrected chi connectivity index (χ2v) is 4.67. The van der Waals surface area contributed by atoms with Crippen LogP contribution in [0.25, 0.3) is 0 Å². The molecule has 0 fully saturated rings. The Kier molecular flexibility index (Phi) is 4.94. The molecule has 0 bridgehead atoms. The molecule has 0 unspecified atom stereocenters. The van der Waals surface area contributed by atoms with Gasteiger partial charge in [0.15, 0.2) is 0 Å². The first kappa shape index (κ1) is 12.5. The van der Waals surface area contributed by atoms with E-state index in [1.54, 1.807) is 0 Å². The molecular formula is C12H23N5. The molecule has 0 spiro atoms. The van der Waals surface area contributed by atoms with E-state index in [2.05, 4.69) is 31.9 Å². The minimum absolute atomic E-state index is 0.961. The Morgan fingerprint density at radius 1 is 1.29 bits per heavy atom. The summed E-state index contributed by atoms with van der Waals surface area (Å²) in [6.07, 6.45) is 5.59. The summed E-state index contributed by atoms with van der Waals surface area (Å²) in [6.45, 7) is 8.81. The molecule has 0 amide bonds. The number of hydrogen-bond donors (Lipinski definition) is 1. The van der Waals surface area contributed by atoms with Crippen LogP contribution in [-0.4, -0.2) is 45.8 Å². The minimum Gasteiger partial charge on any atom is -0.317 e. The summed E-state index contributed by atoms with van der Waals surface area (Å²) < 4.78 is 2.15. The molecule has 1 aliphatic heterocycles. The van der Waals surface area contributed by atoms with E-state index in [-0.39, 0.29) is 0 Å². The molecule has 1 aliphatic rings. The van der Waals surface area contributed by atoms with E-state index >= 15 is 0 Å². The third-order valence-electron chi connectivity index (χ3n) is 3.22. The van der Waals surface area contributed by atoms with Crippen molar-refractivity contribution in [3.8, 4) is 0 Å². The number of aromatic nitrogens is 3. The van der Waals surface area contributed by atoms with Crippen molar-refractivity contribution in [3.05, 3.63) is 12.2 Å². The van der Waals surface area contributed by atoms with Crippen molar-refractivity contribution < 1.29 is 0 Å². The molecule has 5 nitrogen and oxygen atoms in total. The molecule has 0 saturated carbocycles. The van der Waals surface area contributed by atoms with Gasteiger partial charge in [-0.2, -0.15) is 0 Å². The van der Waals surface area contributed by atoms with Crippen molar-refractivity contribution in [1.29, 1.82) is 0 Å². The van der Waals surface area contributed by atoms with Crippen LogP contribution < -0.4 is 5.32 Å². The number of nitrogens with zero attached hydrogens (tertiary/aromatic N) is 4. The second-order valence-electron chi connectivity index (χ2n) is 4.67. The van der Waals surface area contributed by atoms with E-state index in [0.29, 0.717) is 0 Å². The van der Waals surface area contributed by atoms with Gasteiger partial charge in [0.25, 0.3) is 0 Å². The maximum atomic E-state index is 4.13. The molecule has 1 aromatic heterocycles. The first-order valence-electron chi connectivity index (χ1n) is 6.70. The molecule has 0 aliphatic carbocycles. The van der Waals surface area contributed by atoms with Crippen LogP contribution in [0.1, 0.15) is 32.0 Å². The minimum atomic E-state index is 0.961. The third-order valence-corrected chi connectivity index (χ3v) is 3.22. The van der Waals surface area contributed by atoms with Crippen LogP contribution in [0.2, 0.25) is 0 Å². The molecule has 0 radical (unpaired) electrons. The smallest absolute Gasteiger partial charge is 0.147 e. The van der Waals surface area contributed by atoms with Crippen molar-refractivity contribution in [3.63, 3.8) is 0 Å². The largest absolute Gasteiger partial charge is 0.317 e. The molecule has 1 N–H and O–H groups in total.